The summed E-state index contributed by atoms with van der Waals surface area (Å²) >= 11 is 10.8. The molecule has 0 radical (unpaired) electrons. The first kappa shape index (κ1) is 43.5. The second-order valence-electron chi connectivity index (χ2n) is 14.6. The van der Waals surface area contributed by atoms with Crippen LogP contribution in [-0.2, 0) is 22.6 Å². The van der Waals surface area contributed by atoms with E-state index in [1.54, 1.807) is 9.80 Å². The van der Waals surface area contributed by atoms with Crippen molar-refractivity contribution >= 4 is 46.8 Å². The van der Waals surface area contributed by atoms with E-state index in [0.717, 1.165) is 56.1 Å². The minimum Gasteiger partial charge on any atom is -0.444 e. The fourth-order valence-corrected chi connectivity index (χ4v) is 5.35. The Bertz CT molecular complexity index is 1200. The summed E-state index contributed by atoms with van der Waals surface area (Å²) in [6.07, 6.45) is 5.65. The molecule has 0 saturated carbocycles. The quantitative estimate of drug-likeness (QED) is 0.0805. The average Bonchev–Trinajstić information content (AvgIpc) is 3.07. The number of carbonyl (C=O) groups excluding carboxylic acids is 2. The Kier molecular flexibility index (Phi) is 20.3. The Hall–Kier alpha value is -3.64. The van der Waals surface area contributed by atoms with Crippen molar-refractivity contribution in [3.63, 3.8) is 0 Å². The molecule has 284 valence electrons. The lowest BCUT2D eigenvalue weighted by Gasteiger charge is -2.28. The molecule has 0 bridgehead atoms. The lowest BCUT2D eigenvalue weighted by atomic mass is 10.1. The number of amides is 2. The molecule has 2 aromatic rings. The van der Waals surface area contributed by atoms with E-state index in [1.165, 1.54) is 0 Å². The Morgan fingerprint density at radius 1 is 0.529 bits per heavy atom. The van der Waals surface area contributed by atoms with Crippen LogP contribution in [0.15, 0.2) is 60.7 Å². The number of benzene rings is 2. The Balaban J connectivity index is 1.71. The largest absolute Gasteiger partial charge is 0.444 e. The standard InChI is InChI=1S/C39H62N6O4S2/c1-38(2,3)48-36(46)44(28-18-24-40-34(50)42-30-32-20-12-10-13-21-32)26-16-8-7-9-17-27-45(37(47)49-39(4,5)6)29-19-25-41-35(51)43-31-33-22-14-11-15-23-33/h10-15,20-23H,7-9,16-19,24-31H2,1-6H3,(H2,40,42,50)(H2,41,43,51). The summed E-state index contributed by atoms with van der Waals surface area (Å²) in [5.41, 5.74) is 1.21. The first-order chi connectivity index (χ1) is 24.2. The minimum absolute atomic E-state index is 0.289. The van der Waals surface area contributed by atoms with E-state index in [1.807, 2.05) is 77.9 Å². The monoisotopic (exact) mass is 742 g/mol. The summed E-state index contributed by atoms with van der Waals surface area (Å²) in [6, 6.07) is 20.2. The number of nitrogens with zero attached hydrogens (tertiary/aromatic N) is 2. The predicted octanol–water partition coefficient (Wildman–Crippen LogP) is 7.52. The predicted molar refractivity (Wildman–Crippen MR) is 216 cm³/mol. The Morgan fingerprint density at radius 3 is 1.22 bits per heavy atom. The highest BCUT2D eigenvalue weighted by atomic mass is 32.1. The van der Waals surface area contributed by atoms with Gasteiger partial charge in [-0.3, -0.25) is 0 Å². The molecule has 4 N–H and O–H groups in total. The van der Waals surface area contributed by atoms with E-state index in [9.17, 15) is 9.59 Å². The van der Waals surface area contributed by atoms with Gasteiger partial charge >= 0.3 is 12.2 Å². The van der Waals surface area contributed by atoms with Crippen molar-refractivity contribution in [1.82, 2.24) is 31.1 Å². The zero-order valence-corrected chi connectivity index (χ0v) is 33.4. The van der Waals surface area contributed by atoms with Crippen LogP contribution in [0, 0.1) is 0 Å². The molecule has 2 amide bonds. The van der Waals surface area contributed by atoms with Crippen molar-refractivity contribution in [2.45, 2.75) is 111 Å². The van der Waals surface area contributed by atoms with Crippen molar-refractivity contribution in [2.75, 3.05) is 39.3 Å². The third-order valence-corrected chi connectivity index (χ3v) is 8.11. The van der Waals surface area contributed by atoms with Gasteiger partial charge in [0.1, 0.15) is 11.2 Å². The minimum atomic E-state index is -0.558. The molecule has 0 heterocycles. The fraction of sp³-hybridized carbons (Fsp3) is 0.590. The fourth-order valence-electron chi connectivity index (χ4n) is 5.00. The summed E-state index contributed by atoms with van der Waals surface area (Å²) in [5, 5.41) is 14.1. The third-order valence-electron chi connectivity index (χ3n) is 7.53. The number of rotatable bonds is 20. The molecule has 2 rings (SSSR count). The lowest BCUT2D eigenvalue weighted by Crippen LogP contribution is -2.40. The number of unbranched alkanes of at least 4 members (excludes halogenated alkanes) is 4. The summed E-state index contributed by atoms with van der Waals surface area (Å²) in [5.74, 6) is 0. The van der Waals surface area contributed by atoms with E-state index in [4.69, 9.17) is 33.9 Å². The number of carbonyl (C=O) groups is 2. The zero-order chi connectivity index (χ0) is 37.5. The molecule has 0 unspecified atom stereocenters. The van der Waals surface area contributed by atoms with E-state index in [-0.39, 0.29) is 12.2 Å². The van der Waals surface area contributed by atoms with Crippen molar-refractivity contribution in [3.05, 3.63) is 71.8 Å². The highest BCUT2D eigenvalue weighted by molar-refractivity contribution is 7.80. The molecule has 0 aliphatic heterocycles. The van der Waals surface area contributed by atoms with Crippen LogP contribution < -0.4 is 21.3 Å². The summed E-state index contributed by atoms with van der Waals surface area (Å²) < 4.78 is 11.4. The van der Waals surface area contributed by atoms with Gasteiger partial charge < -0.3 is 40.5 Å². The van der Waals surface area contributed by atoms with Gasteiger partial charge in [0.05, 0.1) is 0 Å². The molecule has 0 saturated heterocycles. The van der Waals surface area contributed by atoms with Gasteiger partial charge in [0.15, 0.2) is 10.2 Å². The second-order valence-corrected chi connectivity index (χ2v) is 15.4. The van der Waals surface area contributed by atoms with Crippen LogP contribution in [0.4, 0.5) is 9.59 Å². The molecular formula is C39H62N6O4S2. The summed E-state index contributed by atoms with van der Waals surface area (Å²) in [6.45, 7) is 16.4. The maximum absolute atomic E-state index is 13.0. The third kappa shape index (κ3) is 22.0. The zero-order valence-electron chi connectivity index (χ0n) is 31.7. The van der Waals surface area contributed by atoms with Gasteiger partial charge in [0.2, 0.25) is 0 Å². The van der Waals surface area contributed by atoms with Crippen molar-refractivity contribution < 1.29 is 19.1 Å². The van der Waals surface area contributed by atoms with Gasteiger partial charge in [0.25, 0.3) is 0 Å². The van der Waals surface area contributed by atoms with Crippen LogP contribution in [0.3, 0.4) is 0 Å². The molecule has 10 nitrogen and oxygen atoms in total. The maximum atomic E-state index is 13.0. The van der Waals surface area contributed by atoms with Crippen molar-refractivity contribution in [1.29, 1.82) is 0 Å². The van der Waals surface area contributed by atoms with Gasteiger partial charge in [-0.05, 0) is 103 Å². The molecule has 12 heteroatoms. The van der Waals surface area contributed by atoms with E-state index >= 15 is 0 Å². The number of nitrogens with one attached hydrogen (secondary N) is 4. The van der Waals surface area contributed by atoms with Gasteiger partial charge in [0, 0.05) is 52.4 Å². The van der Waals surface area contributed by atoms with Crippen LogP contribution in [0.1, 0.15) is 97.6 Å². The maximum Gasteiger partial charge on any atom is 0.410 e. The van der Waals surface area contributed by atoms with Crippen LogP contribution in [-0.4, -0.2) is 82.7 Å². The smallest absolute Gasteiger partial charge is 0.410 e. The van der Waals surface area contributed by atoms with E-state index in [0.29, 0.717) is 62.6 Å². The highest BCUT2D eigenvalue weighted by Crippen LogP contribution is 2.14. The van der Waals surface area contributed by atoms with Crippen LogP contribution in [0.5, 0.6) is 0 Å². The second kappa shape index (κ2) is 23.8. The molecule has 0 fully saturated rings. The van der Waals surface area contributed by atoms with Gasteiger partial charge in [-0.15, -0.1) is 0 Å². The van der Waals surface area contributed by atoms with E-state index in [2.05, 4.69) is 45.5 Å². The van der Waals surface area contributed by atoms with Crippen molar-refractivity contribution in [3.8, 4) is 0 Å². The Labute approximate surface area is 317 Å². The van der Waals surface area contributed by atoms with Crippen LogP contribution >= 0.6 is 24.4 Å². The van der Waals surface area contributed by atoms with Crippen LogP contribution in [0.2, 0.25) is 0 Å². The SMILES string of the molecule is CC(C)(C)OC(=O)N(CCCCCCCN(CCCNC(=S)NCc1ccccc1)C(=O)OC(C)(C)C)CCCNC(=S)NCc1ccccc1. The number of thiocarbonyl (C=S) groups is 2. The summed E-state index contributed by atoms with van der Waals surface area (Å²) in [4.78, 5) is 29.5. The summed E-state index contributed by atoms with van der Waals surface area (Å²) in [7, 11) is 0. The topological polar surface area (TPSA) is 107 Å². The van der Waals surface area contributed by atoms with Crippen molar-refractivity contribution in [2.24, 2.45) is 0 Å². The molecule has 0 aromatic heterocycles. The number of hydrogen-bond acceptors (Lipinski definition) is 6. The first-order valence-corrected chi connectivity index (χ1v) is 19.1. The normalized spacial score (nSPS) is 11.3. The molecule has 0 spiro atoms. The highest BCUT2D eigenvalue weighted by Gasteiger charge is 2.23. The molecule has 51 heavy (non-hydrogen) atoms. The lowest BCUT2D eigenvalue weighted by molar-refractivity contribution is 0.0238. The van der Waals surface area contributed by atoms with Gasteiger partial charge in [-0.25, -0.2) is 9.59 Å². The number of ether oxygens (including phenoxy) is 2. The van der Waals surface area contributed by atoms with Crippen LogP contribution in [0.25, 0.3) is 0 Å². The first-order valence-electron chi connectivity index (χ1n) is 18.3. The Morgan fingerprint density at radius 2 is 0.863 bits per heavy atom. The average molecular weight is 743 g/mol. The molecular weight excluding hydrogens is 681 g/mol. The molecule has 0 atom stereocenters. The number of hydrogen-bond donors (Lipinski definition) is 4. The van der Waals surface area contributed by atoms with Gasteiger partial charge in [-0.1, -0.05) is 79.9 Å². The molecule has 0 aliphatic carbocycles. The molecule has 2 aromatic carbocycles. The van der Waals surface area contributed by atoms with Gasteiger partial charge in [-0.2, -0.15) is 0 Å². The van der Waals surface area contributed by atoms with E-state index < -0.39 is 11.2 Å². The molecule has 0 aliphatic rings.